The van der Waals surface area contributed by atoms with Gasteiger partial charge in [-0.1, -0.05) is 0 Å². The second-order valence-electron chi connectivity index (χ2n) is 2.60. The molecule has 1 aromatic rings. The standard InChI is InChI=1S/C8H6F3N3O/c9-8(10,11)4-15-7-2-1-5(13)6(3-12)14-7/h1-2H,4,13H2. The Hall–Kier alpha value is -1.97. The minimum atomic E-state index is -4.43. The van der Waals surface area contributed by atoms with Crippen molar-refractivity contribution in [1.82, 2.24) is 4.98 Å². The highest BCUT2D eigenvalue weighted by Crippen LogP contribution is 2.18. The lowest BCUT2D eigenvalue weighted by atomic mass is 10.3. The van der Waals surface area contributed by atoms with E-state index in [2.05, 4.69) is 9.72 Å². The van der Waals surface area contributed by atoms with Crippen molar-refractivity contribution in [3.05, 3.63) is 17.8 Å². The first-order valence-corrected chi connectivity index (χ1v) is 3.78. The second-order valence-corrected chi connectivity index (χ2v) is 2.60. The molecule has 0 aromatic carbocycles. The van der Waals surface area contributed by atoms with E-state index in [1.54, 1.807) is 6.07 Å². The van der Waals surface area contributed by atoms with E-state index in [1.807, 2.05) is 0 Å². The van der Waals surface area contributed by atoms with Crippen molar-refractivity contribution in [3.63, 3.8) is 0 Å². The summed E-state index contributed by atoms with van der Waals surface area (Å²) in [4.78, 5) is 3.49. The Balaban J connectivity index is 2.76. The van der Waals surface area contributed by atoms with Gasteiger partial charge < -0.3 is 10.5 Å². The smallest absolute Gasteiger partial charge is 0.422 e. The van der Waals surface area contributed by atoms with E-state index in [0.29, 0.717) is 0 Å². The third kappa shape index (κ3) is 3.34. The summed E-state index contributed by atoms with van der Waals surface area (Å²) in [6.45, 7) is -1.45. The Morgan fingerprint density at radius 2 is 2.13 bits per heavy atom. The summed E-state index contributed by atoms with van der Waals surface area (Å²) in [5.74, 6) is -0.280. The maximum absolute atomic E-state index is 11.8. The molecule has 0 aliphatic rings. The number of hydrogen-bond donors (Lipinski definition) is 1. The average molecular weight is 217 g/mol. The number of anilines is 1. The summed E-state index contributed by atoms with van der Waals surface area (Å²) < 4.78 is 39.6. The summed E-state index contributed by atoms with van der Waals surface area (Å²) in [5.41, 5.74) is 5.26. The minimum absolute atomic E-state index is 0.0943. The fourth-order valence-electron chi connectivity index (χ4n) is 0.778. The first-order valence-electron chi connectivity index (χ1n) is 3.78. The Bertz CT molecular complexity index is 397. The molecule has 0 atom stereocenters. The van der Waals surface area contributed by atoms with Gasteiger partial charge in [-0.3, -0.25) is 0 Å². The number of alkyl halides is 3. The number of pyridine rings is 1. The fourth-order valence-corrected chi connectivity index (χ4v) is 0.778. The number of nitrogens with zero attached hydrogens (tertiary/aromatic N) is 2. The van der Waals surface area contributed by atoms with Crippen LogP contribution in [0.3, 0.4) is 0 Å². The van der Waals surface area contributed by atoms with E-state index < -0.39 is 12.8 Å². The zero-order valence-corrected chi connectivity index (χ0v) is 7.38. The van der Waals surface area contributed by atoms with Gasteiger partial charge in [-0.15, -0.1) is 0 Å². The van der Waals surface area contributed by atoms with E-state index in [0.717, 1.165) is 0 Å². The Kier molecular flexibility index (Phi) is 2.99. The molecule has 0 saturated carbocycles. The summed E-state index contributed by atoms with van der Waals surface area (Å²) in [6, 6.07) is 4.07. The first-order chi connectivity index (χ1) is 6.92. The van der Waals surface area contributed by atoms with Gasteiger partial charge in [0.25, 0.3) is 0 Å². The van der Waals surface area contributed by atoms with Crippen LogP contribution in [0.4, 0.5) is 18.9 Å². The van der Waals surface area contributed by atoms with Crippen LogP contribution in [0.25, 0.3) is 0 Å². The molecule has 0 bridgehead atoms. The molecule has 4 nitrogen and oxygen atoms in total. The molecule has 0 amide bonds. The molecule has 0 spiro atoms. The van der Waals surface area contributed by atoms with Crippen LogP contribution >= 0.6 is 0 Å². The number of nitrogens with two attached hydrogens (primary N) is 1. The number of hydrogen-bond acceptors (Lipinski definition) is 4. The third-order valence-electron chi connectivity index (χ3n) is 1.39. The van der Waals surface area contributed by atoms with Crippen LogP contribution in [-0.4, -0.2) is 17.8 Å². The summed E-state index contributed by atoms with van der Waals surface area (Å²) in [5, 5.41) is 8.50. The number of nitriles is 1. The third-order valence-corrected chi connectivity index (χ3v) is 1.39. The molecule has 80 valence electrons. The predicted molar refractivity (Wildman–Crippen MR) is 44.9 cm³/mol. The van der Waals surface area contributed by atoms with Crippen LogP contribution < -0.4 is 10.5 Å². The van der Waals surface area contributed by atoms with Crippen molar-refractivity contribution >= 4 is 5.69 Å². The summed E-state index contributed by atoms with van der Waals surface area (Å²) in [6.07, 6.45) is -4.43. The monoisotopic (exact) mass is 217 g/mol. The van der Waals surface area contributed by atoms with Gasteiger partial charge in [0.15, 0.2) is 12.3 Å². The molecule has 0 radical (unpaired) electrons. The van der Waals surface area contributed by atoms with E-state index in [9.17, 15) is 13.2 Å². The van der Waals surface area contributed by atoms with Crippen molar-refractivity contribution in [3.8, 4) is 11.9 Å². The summed E-state index contributed by atoms with van der Waals surface area (Å²) >= 11 is 0. The molecule has 1 aromatic heterocycles. The second kappa shape index (κ2) is 4.04. The molecule has 0 aliphatic carbocycles. The summed E-state index contributed by atoms with van der Waals surface area (Å²) in [7, 11) is 0. The Labute approximate surface area is 83.1 Å². The molecule has 1 rings (SSSR count). The number of nitrogen functional groups attached to an aromatic ring is 1. The largest absolute Gasteiger partial charge is 0.468 e. The van der Waals surface area contributed by atoms with Crippen LogP contribution in [-0.2, 0) is 0 Å². The Morgan fingerprint density at radius 1 is 1.47 bits per heavy atom. The number of halogens is 3. The maximum atomic E-state index is 11.8. The van der Waals surface area contributed by atoms with Gasteiger partial charge in [0.05, 0.1) is 5.69 Å². The Morgan fingerprint density at radius 3 is 2.67 bits per heavy atom. The van der Waals surface area contributed by atoms with Crippen LogP contribution in [0.1, 0.15) is 5.69 Å². The highest BCUT2D eigenvalue weighted by atomic mass is 19.4. The highest BCUT2D eigenvalue weighted by molar-refractivity contribution is 5.50. The van der Waals surface area contributed by atoms with Gasteiger partial charge in [0.1, 0.15) is 6.07 Å². The van der Waals surface area contributed by atoms with Crippen LogP contribution in [0, 0.1) is 11.3 Å². The van der Waals surface area contributed by atoms with Crippen molar-refractivity contribution in [1.29, 1.82) is 5.26 Å². The van der Waals surface area contributed by atoms with Gasteiger partial charge in [0, 0.05) is 6.07 Å². The fraction of sp³-hybridized carbons (Fsp3) is 0.250. The molecule has 0 fully saturated rings. The lowest BCUT2D eigenvalue weighted by Gasteiger charge is -2.08. The topological polar surface area (TPSA) is 71.9 Å². The molecular weight excluding hydrogens is 211 g/mol. The SMILES string of the molecule is N#Cc1nc(OCC(F)(F)F)ccc1N. The quantitative estimate of drug-likeness (QED) is 0.814. The van der Waals surface area contributed by atoms with Gasteiger partial charge in [-0.2, -0.15) is 18.4 Å². The lowest BCUT2D eigenvalue weighted by Crippen LogP contribution is -2.19. The molecule has 15 heavy (non-hydrogen) atoms. The minimum Gasteiger partial charge on any atom is -0.468 e. The van der Waals surface area contributed by atoms with Crippen LogP contribution in [0.2, 0.25) is 0 Å². The normalized spacial score (nSPS) is 10.8. The highest BCUT2D eigenvalue weighted by Gasteiger charge is 2.28. The van der Waals surface area contributed by atoms with E-state index in [-0.39, 0.29) is 17.3 Å². The predicted octanol–water partition coefficient (Wildman–Crippen LogP) is 1.48. The molecular formula is C8H6F3N3O. The molecule has 0 saturated heterocycles. The molecule has 0 unspecified atom stereocenters. The molecule has 2 N–H and O–H groups in total. The van der Waals surface area contributed by atoms with Gasteiger partial charge in [-0.05, 0) is 6.07 Å². The average Bonchev–Trinajstić information content (AvgIpc) is 2.15. The maximum Gasteiger partial charge on any atom is 0.422 e. The van der Waals surface area contributed by atoms with Crippen LogP contribution in [0.5, 0.6) is 5.88 Å². The van der Waals surface area contributed by atoms with Crippen molar-refractivity contribution in [2.75, 3.05) is 12.3 Å². The van der Waals surface area contributed by atoms with E-state index in [1.165, 1.54) is 12.1 Å². The van der Waals surface area contributed by atoms with E-state index in [4.69, 9.17) is 11.0 Å². The van der Waals surface area contributed by atoms with Crippen molar-refractivity contribution in [2.24, 2.45) is 0 Å². The van der Waals surface area contributed by atoms with Gasteiger partial charge >= 0.3 is 6.18 Å². The lowest BCUT2D eigenvalue weighted by molar-refractivity contribution is -0.154. The number of ether oxygens (including phenoxy) is 1. The van der Waals surface area contributed by atoms with Gasteiger partial charge in [-0.25, -0.2) is 4.98 Å². The first kappa shape index (κ1) is 11.1. The molecule has 1 heterocycles. The zero-order valence-electron chi connectivity index (χ0n) is 7.38. The van der Waals surface area contributed by atoms with Crippen LogP contribution in [0.15, 0.2) is 12.1 Å². The number of aromatic nitrogens is 1. The zero-order chi connectivity index (χ0) is 11.5. The van der Waals surface area contributed by atoms with Crippen molar-refractivity contribution < 1.29 is 17.9 Å². The molecule has 0 aliphatic heterocycles. The van der Waals surface area contributed by atoms with Crippen molar-refractivity contribution in [2.45, 2.75) is 6.18 Å². The van der Waals surface area contributed by atoms with Gasteiger partial charge in [0.2, 0.25) is 5.88 Å². The van der Waals surface area contributed by atoms with E-state index >= 15 is 0 Å². The number of rotatable bonds is 2. The molecule has 7 heteroatoms.